The molecule has 1 aromatic carbocycles. The van der Waals surface area contributed by atoms with Crippen molar-refractivity contribution in [3.8, 4) is 22.9 Å². The van der Waals surface area contributed by atoms with Crippen molar-refractivity contribution in [2.45, 2.75) is 26.9 Å². The number of aromatic nitrogens is 3. The number of nitrogens with zero attached hydrogens (tertiary/aromatic N) is 3. The van der Waals surface area contributed by atoms with Crippen LogP contribution in [0.5, 0.6) is 11.5 Å². The average molecular weight is 366 g/mol. The Morgan fingerprint density at radius 2 is 1.93 bits per heavy atom. The molecule has 138 valence electrons. The molecule has 8 heteroatoms. The highest BCUT2D eigenvalue weighted by atomic mass is 16.6. The summed E-state index contributed by atoms with van der Waals surface area (Å²) in [6.45, 7) is 5.58. The van der Waals surface area contributed by atoms with E-state index in [2.05, 4.69) is 20.4 Å². The number of carbonyl (C=O) groups is 1. The lowest BCUT2D eigenvalue weighted by atomic mass is 10.1. The number of hydrogen-bond donors (Lipinski definition) is 1. The molecule has 0 bridgehead atoms. The van der Waals surface area contributed by atoms with Gasteiger partial charge in [-0.3, -0.25) is 4.79 Å². The zero-order chi connectivity index (χ0) is 19.0. The Morgan fingerprint density at radius 3 is 2.67 bits per heavy atom. The fraction of sp³-hybridized carbons (Fsp3) is 0.263. The number of aryl methyl sites for hydroxylation is 3. The molecule has 8 nitrogen and oxygen atoms in total. The summed E-state index contributed by atoms with van der Waals surface area (Å²) in [5, 5.41) is 6.78. The van der Waals surface area contributed by atoms with Crippen molar-refractivity contribution in [3.05, 3.63) is 47.5 Å². The van der Waals surface area contributed by atoms with Crippen molar-refractivity contribution in [1.29, 1.82) is 0 Å². The molecule has 2 aromatic heterocycles. The first-order chi connectivity index (χ1) is 13.0. The van der Waals surface area contributed by atoms with E-state index in [4.69, 9.17) is 14.0 Å². The second kappa shape index (κ2) is 6.71. The molecule has 1 N–H and O–H groups in total. The molecule has 0 saturated heterocycles. The first kappa shape index (κ1) is 17.0. The molecule has 1 atom stereocenters. The van der Waals surface area contributed by atoms with Crippen molar-refractivity contribution in [1.82, 2.24) is 15.1 Å². The van der Waals surface area contributed by atoms with Gasteiger partial charge in [0.15, 0.2) is 11.5 Å². The van der Waals surface area contributed by atoms with Crippen molar-refractivity contribution < 1.29 is 18.8 Å². The van der Waals surface area contributed by atoms with E-state index in [1.165, 1.54) is 0 Å². The molecule has 0 aliphatic carbocycles. The Morgan fingerprint density at radius 1 is 1.15 bits per heavy atom. The number of rotatable bonds is 3. The van der Waals surface area contributed by atoms with Gasteiger partial charge in [-0.1, -0.05) is 17.3 Å². The molecule has 3 heterocycles. The van der Waals surface area contributed by atoms with Crippen molar-refractivity contribution >= 4 is 11.7 Å². The summed E-state index contributed by atoms with van der Waals surface area (Å²) in [5.41, 5.74) is 2.26. The summed E-state index contributed by atoms with van der Waals surface area (Å²) in [6, 6.07) is 9.13. The molecule has 0 saturated carbocycles. The summed E-state index contributed by atoms with van der Waals surface area (Å²) >= 11 is 0. The van der Waals surface area contributed by atoms with Crippen molar-refractivity contribution in [2.75, 3.05) is 11.9 Å². The molecule has 0 spiro atoms. The van der Waals surface area contributed by atoms with Gasteiger partial charge in [0.25, 0.3) is 5.91 Å². The van der Waals surface area contributed by atoms with Gasteiger partial charge in [0.1, 0.15) is 12.4 Å². The predicted octanol–water partition coefficient (Wildman–Crippen LogP) is 2.84. The molecular weight excluding hydrogens is 348 g/mol. The third kappa shape index (κ3) is 3.33. The Labute approximate surface area is 155 Å². The first-order valence-electron chi connectivity index (χ1n) is 8.49. The van der Waals surface area contributed by atoms with E-state index in [0.29, 0.717) is 34.6 Å². The fourth-order valence-electron chi connectivity index (χ4n) is 2.96. The topological polar surface area (TPSA) is 99.4 Å². The SMILES string of the molecule is Cc1cc(C)c(-c2noc(C)n2)c(NC(=O)C2COc3ccccc3O2)n1. The van der Waals surface area contributed by atoms with Crippen LogP contribution >= 0.6 is 0 Å². The second-order valence-corrected chi connectivity index (χ2v) is 6.29. The van der Waals surface area contributed by atoms with Gasteiger partial charge in [-0.15, -0.1) is 0 Å². The third-order valence-corrected chi connectivity index (χ3v) is 4.14. The van der Waals surface area contributed by atoms with Crippen LogP contribution in [0, 0.1) is 20.8 Å². The monoisotopic (exact) mass is 366 g/mol. The van der Waals surface area contributed by atoms with Crippen LogP contribution in [-0.4, -0.2) is 33.7 Å². The molecule has 27 heavy (non-hydrogen) atoms. The van der Waals surface area contributed by atoms with E-state index in [1.54, 1.807) is 19.1 Å². The van der Waals surface area contributed by atoms with Gasteiger partial charge >= 0.3 is 0 Å². The summed E-state index contributed by atoms with van der Waals surface area (Å²) < 4.78 is 16.4. The maximum absolute atomic E-state index is 12.8. The van der Waals surface area contributed by atoms with Crippen LogP contribution in [0.15, 0.2) is 34.9 Å². The standard InChI is InChI=1S/C19H18N4O4/c1-10-8-11(2)20-17(16(10)18-21-12(3)27-23-18)22-19(24)15-9-25-13-6-4-5-7-14(13)26-15/h4-8,15H,9H2,1-3H3,(H,20,22,24). The summed E-state index contributed by atoms with van der Waals surface area (Å²) in [7, 11) is 0. The number of para-hydroxylation sites is 2. The maximum Gasteiger partial charge on any atom is 0.270 e. The van der Waals surface area contributed by atoms with E-state index in [1.807, 2.05) is 32.0 Å². The summed E-state index contributed by atoms with van der Waals surface area (Å²) in [6.07, 6.45) is -0.789. The van der Waals surface area contributed by atoms with Crippen LogP contribution in [-0.2, 0) is 4.79 Å². The second-order valence-electron chi connectivity index (χ2n) is 6.29. The molecule has 3 aromatic rings. The normalized spacial score (nSPS) is 15.4. The number of amides is 1. The number of fused-ring (bicyclic) bond motifs is 1. The highest BCUT2D eigenvalue weighted by Gasteiger charge is 2.29. The molecule has 4 rings (SSSR count). The molecule has 1 amide bonds. The summed E-state index contributed by atoms with van der Waals surface area (Å²) in [4.78, 5) is 21.5. The largest absolute Gasteiger partial charge is 0.485 e. The number of hydrogen-bond acceptors (Lipinski definition) is 7. The quantitative estimate of drug-likeness (QED) is 0.761. The maximum atomic E-state index is 12.8. The van der Waals surface area contributed by atoms with E-state index in [-0.39, 0.29) is 12.5 Å². The lowest BCUT2D eigenvalue weighted by Gasteiger charge is -2.25. The van der Waals surface area contributed by atoms with Crippen LogP contribution < -0.4 is 14.8 Å². The molecule has 1 aliphatic rings. The van der Waals surface area contributed by atoms with Crippen molar-refractivity contribution in [2.24, 2.45) is 0 Å². The van der Waals surface area contributed by atoms with Crippen LogP contribution in [0.3, 0.4) is 0 Å². The smallest absolute Gasteiger partial charge is 0.270 e. The highest BCUT2D eigenvalue weighted by Crippen LogP contribution is 2.32. The molecule has 0 fully saturated rings. The first-order valence-corrected chi connectivity index (χ1v) is 8.49. The highest BCUT2D eigenvalue weighted by molar-refractivity contribution is 5.97. The fourth-order valence-corrected chi connectivity index (χ4v) is 2.96. The Bertz CT molecular complexity index is 1010. The minimum atomic E-state index is -0.789. The number of pyridine rings is 1. The van der Waals surface area contributed by atoms with E-state index in [0.717, 1.165) is 11.3 Å². The van der Waals surface area contributed by atoms with Gasteiger partial charge < -0.3 is 19.3 Å². The Hall–Kier alpha value is -3.42. The van der Waals surface area contributed by atoms with E-state index >= 15 is 0 Å². The Balaban J connectivity index is 1.62. The molecular formula is C19H18N4O4. The van der Waals surface area contributed by atoms with Crippen LogP contribution in [0.1, 0.15) is 17.1 Å². The van der Waals surface area contributed by atoms with Gasteiger partial charge in [-0.25, -0.2) is 4.98 Å². The van der Waals surface area contributed by atoms with Crippen molar-refractivity contribution in [3.63, 3.8) is 0 Å². The average Bonchev–Trinajstić information content (AvgIpc) is 3.06. The van der Waals surface area contributed by atoms with Crippen LogP contribution in [0.2, 0.25) is 0 Å². The van der Waals surface area contributed by atoms with Gasteiger partial charge in [0.2, 0.25) is 17.8 Å². The Kier molecular flexibility index (Phi) is 4.23. The minimum Gasteiger partial charge on any atom is -0.485 e. The molecule has 1 unspecified atom stereocenters. The molecule has 0 radical (unpaired) electrons. The zero-order valence-electron chi connectivity index (χ0n) is 15.1. The van der Waals surface area contributed by atoms with Crippen LogP contribution in [0.4, 0.5) is 5.82 Å². The number of carbonyl (C=O) groups excluding carboxylic acids is 1. The van der Waals surface area contributed by atoms with E-state index in [9.17, 15) is 4.79 Å². The van der Waals surface area contributed by atoms with Gasteiger partial charge in [-0.05, 0) is 37.6 Å². The van der Waals surface area contributed by atoms with Gasteiger partial charge in [-0.2, -0.15) is 4.98 Å². The number of anilines is 1. The zero-order valence-corrected chi connectivity index (χ0v) is 15.1. The minimum absolute atomic E-state index is 0.115. The lowest BCUT2D eigenvalue weighted by Crippen LogP contribution is -2.40. The van der Waals surface area contributed by atoms with E-state index < -0.39 is 6.10 Å². The van der Waals surface area contributed by atoms with Gasteiger partial charge in [0, 0.05) is 12.6 Å². The molecule has 1 aliphatic heterocycles. The third-order valence-electron chi connectivity index (χ3n) is 4.14. The number of nitrogens with one attached hydrogen (secondary N) is 1. The predicted molar refractivity (Wildman–Crippen MR) is 96.7 cm³/mol. The van der Waals surface area contributed by atoms with Crippen LogP contribution in [0.25, 0.3) is 11.4 Å². The lowest BCUT2D eigenvalue weighted by molar-refractivity contribution is -0.125. The van der Waals surface area contributed by atoms with Gasteiger partial charge in [0.05, 0.1) is 5.56 Å². The number of benzene rings is 1. The summed E-state index contributed by atoms with van der Waals surface area (Å²) in [5.74, 6) is 1.96. The number of ether oxygens (including phenoxy) is 2.